The van der Waals surface area contributed by atoms with Crippen LogP contribution in [0.15, 0.2) is 52.9 Å². The molecule has 9 heteroatoms. The van der Waals surface area contributed by atoms with E-state index < -0.39 is 5.91 Å². The molecule has 0 saturated carbocycles. The van der Waals surface area contributed by atoms with Gasteiger partial charge in [-0.1, -0.05) is 36.4 Å². The Morgan fingerprint density at radius 2 is 1.89 bits per heavy atom. The molecule has 0 bridgehead atoms. The van der Waals surface area contributed by atoms with E-state index in [4.69, 9.17) is 10.2 Å². The highest BCUT2D eigenvalue weighted by atomic mass is 32.1. The lowest BCUT2D eigenvalue weighted by atomic mass is 10.1. The number of aromatic nitrogens is 3. The zero-order chi connectivity index (χ0) is 19.5. The molecule has 2 heterocycles. The molecule has 0 saturated heterocycles. The van der Waals surface area contributed by atoms with E-state index in [1.807, 2.05) is 30.3 Å². The minimum atomic E-state index is -0.811. The number of carbonyl (C=O) groups is 2. The molecular weight excluding hydrogens is 378 g/mol. The van der Waals surface area contributed by atoms with Crippen molar-refractivity contribution >= 4 is 33.4 Å². The lowest BCUT2D eigenvalue weighted by molar-refractivity contribution is -0.120. The number of benzene rings is 2. The molecule has 8 nitrogen and oxygen atoms in total. The first-order chi connectivity index (χ1) is 13.6. The van der Waals surface area contributed by atoms with Crippen molar-refractivity contribution in [3.63, 3.8) is 0 Å². The predicted molar refractivity (Wildman–Crippen MR) is 103 cm³/mol. The number of rotatable bonds is 6. The Morgan fingerprint density at radius 1 is 1.07 bits per heavy atom. The van der Waals surface area contributed by atoms with Gasteiger partial charge >= 0.3 is 11.8 Å². The van der Waals surface area contributed by atoms with E-state index in [2.05, 4.69) is 38.7 Å². The first-order valence-corrected chi connectivity index (χ1v) is 9.24. The molecule has 0 fully saturated rings. The minimum absolute atomic E-state index is 0.0160. The van der Waals surface area contributed by atoms with Crippen LogP contribution in [-0.4, -0.2) is 27.0 Å². The van der Waals surface area contributed by atoms with Gasteiger partial charge in [0.05, 0.1) is 23.2 Å². The van der Waals surface area contributed by atoms with Crippen LogP contribution in [0.2, 0.25) is 0 Å². The maximum Gasteiger partial charge on any atom is 0.306 e. The molecule has 140 valence electrons. The van der Waals surface area contributed by atoms with E-state index in [0.717, 1.165) is 21.3 Å². The van der Waals surface area contributed by atoms with Crippen molar-refractivity contribution in [2.45, 2.75) is 13.0 Å². The van der Waals surface area contributed by atoms with Crippen LogP contribution in [-0.2, 0) is 17.8 Å². The van der Waals surface area contributed by atoms with Crippen LogP contribution in [0.4, 0.5) is 0 Å². The summed E-state index contributed by atoms with van der Waals surface area (Å²) >= 11 is 1.48. The van der Waals surface area contributed by atoms with E-state index >= 15 is 0 Å². The van der Waals surface area contributed by atoms with Crippen molar-refractivity contribution in [3.05, 3.63) is 65.3 Å². The molecule has 4 aromatic rings. The van der Waals surface area contributed by atoms with E-state index in [1.165, 1.54) is 11.3 Å². The fourth-order valence-corrected chi connectivity index (χ4v) is 3.66. The van der Waals surface area contributed by atoms with Crippen LogP contribution in [0.5, 0.6) is 0 Å². The molecule has 3 N–H and O–H groups in total. The number of nitrogens with one attached hydrogen (secondary N) is 1. The number of hydrogen-bond acceptors (Lipinski definition) is 7. The van der Waals surface area contributed by atoms with Crippen molar-refractivity contribution in [1.82, 2.24) is 20.5 Å². The molecule has 28 heavy (non-hydrogen) atoms. The van der Waals surface area contributed by atoms with E-state index in [0.29, 0.717) is 5.01 Å². The summed E-state index contributed by atoms with van der Waals surface area (Å²) in [4.78, 5) is 27.6. The van der Waals surface area contributed by atoms with Gasteiger partial charge in [-0.05, 0) is 23.3 Å². The third kappa shape index (κ3) is 3.89. The molecule has 2 aromatic heterocycles. The highest BCUT2D eigenvalue weighted by molar-refractivity contribution is 7.18. The molecule has 2 aromatic carbocycles. The molecule has 2 amide bonds. The maximum absolute atomic E-state index is 12.2. The van der Waals surface area contributed by atoms with Crippen molar-refractivity contribution in [2.75, 3.05) is 0 Å². The second-order valence-corrected chi connectivity index (χ2v) is 7.09. The van der Waals surface area contributed by atoms with Gasteiger partial charge in [-0.3, -0.25) is 9.59 Å². The lowest BCUT2D eigenvalue weighted by Crippen LogP contribution is -2.24. The largest absolute Gasteiger partial charge is 0.415 e. The molecule has 0 aliphatic heterocycles. The number of hydrogen-bond donors (Lipinski definition) is 2. The third-order valence-electron chi connectivity index (χ3n) is 3.97. The van der Waals surface area contributed by atoms with Crippen LogP contribution in [0.1, 0.15) is 21.6 Å². The second kappa shape index (κ2) is 7.57. The first-order valence-electron chi connectivity index (χ1n) is 8.42. The summed E-state index contributed by atoms with van der Waals surface area (Å²) in [5.74, 6) is -1.22. The van der Waals surface area contributed by atoms with Gasteiger partial charge in [0.15, 0.2) is 0 Å². The second-order valence-electron chi connectivity index (χ2n) is 5.97. The van der Waals surface area contributed by atoms with Crippen LogP contribution >= 0.6 is 11.3 Å². The molecule has 0 atom stereocenters. The number of primary amides is 1. The average Bonchev–Trinajstić information content (AvgIpc) is 3.33. The number of fused-ring (bicyclic) bond motifs is 1. The Morgan fingerprint density at radius 3 is 2.64 bits per heavy atom. The summed E-state index contributed by atoms with van der Waals surface area (Å²) in [6.45, 7) is 0.0160. The first kappa shape index (κ1) is 17.8. The fraction of sp³-hybridized carbons (Fsp3) is 0.105. The Hall–Kier alpha value is -3.59. The summed E-state index contributed by atoms with van der Waals surface area (Å²) in [7, 11) is 0. The Balaban J connectivity index is 1.42. The zero-order valence-electron chi connectivity index (χ0n) is 14.6. The monoisotopic (exact) mass is 393 g/mol. The van der Waals surface area contributed by atoms with Gasteiger partial charge in [-0.15, -0.1) is 21.5 Å². The predicted octanol–water partition coefficient (Wildman–Crippen LogP) is 2.30. The van der Waals surface area contributed by atoms with Crippen LogP contribution in [0.25, 0.3) is 21.3 Å². The van der Waals surface area contributed by atoms with E-state index in [1.54, 1.807) is 0 Å². The number of thiazole rings is 1. The van der Waals surface area contributed by atoms with Crippen molar-refractivity contribution in [3.8, 4) is 11.1 Å². The van der Waals surface area contributed by atoms with Gasteiger partial charge < -0.3 is 15.5 Å². The SMILES string of the molecule is NC(=O)c1nnc(CNC(=O)Cc2nc3ccc(-c4ccccc4)cc3s2)o1. The molecule has 4 rings (SSSR count). The van der Waals surface area contributed by atoms with Crippen molar-refractivity contribution < 1.29 is 14.0 Å². The number of carbonyl (C=O) groups excluding carboxylic acids is 2. The van der Waals surface area contributed by atoms with Gasteiger partial charge in [0.25, 0.3) is 0 Å². The van der Waals surface area contributed by atoms with E-state index in [9.17, 15) is 9.59 Å². The van der Waals surface area contributed by atoms with Crippen LogP contribution < -0.4 is 11.1 Å². The summed E-state index contributed by atoms with van der Waals surface area (Å²) in [6, 6.07) is 16.1. The molecule has 0 unspecified atom stereocenters. The van der Waals surface area contributed by atoms with E-state index in [-0.39, 0.29) is 30.7 Å². The Kier molecular flexibility index (Phi) is 4.81. The molecule has 0 radical (unpaired) electrons. The lowest BCUT2D eigenvalue weighted by Gasteiger charge is -2.00. The number of nitrogens with two attached hydrogens (primary N) is 1. The van der Waals surface area contributed by atoms with Crippen LogP contribution in [0.3, 0.4) is 0 Å². The van der Waals surface area contributed by atoms with Crippen molar-refractivity contribution in [1.29, 1.82) is 0 Å². The minimum Gasteiger partial charge on any atom is -0.415 e. The Bertz CT molecular complexity index is 1150. The normalized spacial score (nSPS) is 10.9. The summed E-state index contributed by atoms with van der Waals surface area (Å²) in [6.07, 6.45) is 0.136. The highest BCUT2D eigenvalue weighted by Crippen LogP contribution is 2.28. The molecule has 0 spiro atoms. The highest BCUT2D eigenvalue weighted by Gasteiger charge is 2.13. The quantitative estimate of drug-likeness (QED) is 0.518. The summed E-state index contributed by atoms with van der Waals surface area (Å²) < 4.78 is 6.04. The number of nitrogens with zero attached hydrogens (tertiary/aromatic N) is 3. The van der Waals surface area contributed by atoms with Gasteiger partial charge in [0.2, 0.25) is 11.8 Å². The van der Waals surface area contributed by atoms with Gasteiger partial charge in [0, 0.05) is 0 Å². The molecular formula is C19H15N5O3S. The summed E-state index contributed by atoms with van der Waals surface area (Å²) in [5.41, 5.74) is 8.13. The maximum atomic E-state index is 12.2. The fourth-order valence-electron chi connectivity index (χ4n) is 2.66. The topological polar surface area (TPSA) is 124 Å². The third-order valence-corrected chi connectivity index (χ3v) is 4.98. The van der Waals surface area contributed by atoms with Crippen molar-refractivity contribution in [2.24, 2.45) is 5.73 Å². The zero-order valence-corrected chi connectivity index (χ0v) is 15.4. The Labute approximate surface area is 163 Å². The van der Waals surface area contributed by atoms with Crippen LogP contribution in [0, 0.1) is 0 Å². The standard InChI is InChI=1S/C19H15N5O3S/c20-18(26)19-24-23-16(27-19)10-21-15(25)9-17-22-13-7-6-12(8-14(13)28-17)11-4-2-1-3-5-11/h1-8H,9-10H2,(H2,20,26)(H,21,25). The molecule has 0 aliphatic rings. The van der Waals surface area contributed by atoms with Gasteiger partial charge in [-0.25, -0.2) is 4.98 Å². The molecule has 0 aliphatic carbocycles. The van der Waals surface area contributed by atoms with Gasteiger partial charge in [0.1, 0.15) is 5.01 Å². The smallest absolute Gasteiger partial charge is 0.306 e. The average molecular weight is 393 g/mol. The van der Waals surface area contributed by atoms with Gasteiger partial charge in [-0.2, -0.15) is 0 Å². The summed E-state index contributed by atoms with van der Waals surface area (Å²) in [5, 5.41) is 10.5. The number of amides is 2.